The van der Waals surface area contributed by atoms with Crippen molar-refractivity contribution in [1.82, 2.24) is 0 Å². The lowest BCUT2D eigenvalue weighted by Crippen LogP contribution is -2.03. The number of carboxylic acid groups (broad SMARTS) is 1. The summed E-state index contributed by atoms with van der Waals surface area (Å²) in [5.74, 6) is -0.655. The molecule has 30 heavy (non-hydrogen) atoms. The Balaban J connectivity index is 3.03. The van der Waals surface area contributed by atoms with Gasteiger partial charge in [-0.15, -0.1) is 0 Å². The molecule has 1 atom stereocenters. The first-order valence-electron chi connectivity index (χ1n) is 13.6. The highest BCUT2D eigenvalue weighted by atomic mass is 16.4. The maximum absolute atomic E-state index is 10.4. The van der Waals surface area contributed by atoms with E-state index in [4.69, 9.17) is 5.11 Å². The van der Waals surface area contributed by atoms with E-state index in [0.717, 1.165) is 25.7 Å². The first kappa shape index (κ1) is 29.4. The summed E-state index contributed by atoms with van der Waals surface area (Å²) in [7, 11) is 0. The van der Waals surface area contributed by atoms with Gasteiger partial charge in [0.2, 0.25) is 0 Å². The van der Waals surface area contributed by atoms with Crippen molar-refractivity contribution in [2.45, 2.75) is 167 Å². The first-order chi connectivity index (χ1) is 14.7. The number of aliphatic hydroxyl groups is 1. The molecule has 0 aliphatic carbocycles. The van der Waals surface area contributed by atoms with E-state index in [2.05, 4.69) is 6.92 Å². The van der Waals surface area contributed by atoms with E-state index in [-0.39, 0.29) is 6.10 Å². The van der Waals surface area contributed by atoms with Crippen LogP contribution in [0.5, 0.6) is 0 Å². The van der Waals surface area contributed by atoms with Crippen molar-refractivity contribution >= 4 is 5.97 Å². The Morgan fingerprint density at radius 2 is 0.800 bits per heavy atom. The van der Waals surface area contributed by atoms with Gasteiger partial charge in [-0.2, -0.15) is 0 Å². The Bertz CT molecular complexity index is 343. The van der Waals surface area contributed by atoms with Gasteiger partial charge < -0.3 is 10.2 Å². The van der Waals surface area contributed by atoms with Crippen molar-refractivity contribution in [2.24, 2.45) is 0 Å². The molecule has 0 rings (SSSR count). The normalized spacial score (nSPS) is 12.3. The van der Waals surface area contributed by atoms with Gasteiger partial charge in [0.1, 0.15) is 0 Å². The third-order valence-electron chi connectivity index (χ3n) is 6.40. The number of aliphatic carboxylic acids is 1. The third-order valence-corrected chi connectivity index (χ3v) is 6.40. The molecule has 0 aliphatic rings. The molecule has 0 aromatic carbocycles. The molecular weight excluding hydrogens is 372 g/mol. The second-order valence-electron chi connectivity index (χ2n) is 9.42. The van der Waals surface area contributed by atoms with Gasteiger partial charge in [0.25, 0.3) is 0 Å². The van der Waals surface area contributed by atoms with Crippen LogP contribution in [-0.2, 0) is 4.79 Å². The Labute approximate surface area is 188 Å². The smallest absolute Gasteiger partial charge is 0.303 e. The van der Waals surface area contributed by atoms with E-state index in [1.54, 1.807) is 0 Å². The number of hydrogen-bond acceptors (Lipinski definition) is 2. The van der Waals surface area contributed by atoms with E-state index >= 15 is 0 Å². The van der Waals surface area contributed by atoms with Gasteiger partial charge in [-0.05, 0) is 19.3 Å². The largest absolute Gasteiger partial charge is 0.481 e. The van der Waals surface area contributed by atoms with E-state index < -0.39 is 5.97 Å². The molecule has 0 aromatic rings. The SMILES string of the molecule is CCC(O)CCCCCCCCCCCCCCCCCCCCCCCC(=O)O. The first-order valence-corrected chi connectivity index (χ1v) is 13.6. The lowest BCUT2D eigenvalue weighted by atomic mass is 10.0. The summed E-state index contributed by atoms with van der Waals surface area (Å²) in [6.07, 6.45) is 30.1. The maximum atomic E-state index is 10.4. The monoisotopic (exact) mass is 426 g/mol. The Morgan fingerprint density at radius 1 is 0.533 bits per heavy atom. The number of aliphatic hydroxyl groups excluding tert-OH is 1. The minimum atomic E-state index is -0.655. The number of hydrogen-bond donors (Lipinski definition) is 2. The van der Waals surface area contributed by atoms with Gasteiger partial charge in [0.15, 0.2) is 0 Å². The van der Waals surface area contributed by atoms with Crippen LogP contribution in [-0.4, -0.2) is 22.3 Å². The quantitative estimate of drug-likeness (QED) is 0.143. The molecule has 3 heteroatoms. The molecular formula is C27H54O3. The molecule has 0 fully saturated rings. The summed E-state index contributed by atoms with van der Waals surface area (Å²) in [5, 5.41) is 18.1. The molecule has 0 aliphatic heterocycles. The summed E-state index contributed by atoms with van der Waals surface area (Å²) < 4.78 is 0. The lowest BCUT2D eigenvalue weighted by molar-refractivity contribution is -0.137. The fourth-order valence-electron chi connectivity index (χ4n) is 4.22. The Morgan fingerprint density at radius 3 is 1.07 bits per heavy atom. The van der Waals surface area contributed by atoms with E-state index in [9.17, 15) is 9.90 Å². The topological polar surface area (TPSA) is 57.5 Å². The van der Waals surface area contributed by atoms with Crippen molar-refractivity contribution in [1.29, 1.82) is 0 Å². The number of unbranched alkanes of at least 4 members (excludes halogenated alkanes) is 20. The molecule has 0 saturated carbocycles. The van der Waals surface area contributed by atoms with Gasteiger partial charge in [-0.1, -0.05) is 135 Å². The molecule has 0 bridgehead atoms. The van der Waals surface area contributed by atoms with Crippen LogP contribution in [0.1, 0.15) is 161 Å². The van der Waals surface area contributed by atoms with Gasteiger partial charge in [0.05, 0.1) is 6.10 Å². The highest BCUT2D eigenvalue weighted by Gasteiger charge is 2.00. The molecule has 0 aromatic heterocycles. The maximum Gasteiger partial charge on any atom is 0.303 e. The number of rotatable bonds is 25. The Hall–Kier alpha value is -0.570. The van der Waals surface area contributed by atoms with Crippen molar-refractivity contribution in [2.75, 3.05) is 0 Å². The van der Waals surface area contributed by atoms with Gasteiger partial charge >= 0.3 is 5.97 Å². The van der Waals surface area contributed by atoms with Gasteiger partial charge in [0, 0.05) is 6.42 Å². The summed E-state index contributed by atoms with van der Waals surface area (Å²) >= 11 is 0. The average Bonchev–Trinajstić information content (AvgIpc) is 2.73. The van der Waals surface area contributed by atoms with Crippen LogP contribution in [0.25, 0.3) is 0 Å². The average molecular weight is 427 g/mol. The fraction of sp³-hybridized carbons (Fsp3) is 0.963. The molecule has 0 amide bonds. The molecule has 0 radical (unpaired) electrons. The highest BCUT2D eigenvalue weighted by Crippen LogP contribution is 2.15. The molecule has 0 heterocycles. The van der Waals surface area contributed by atoms with Gasteiger partial charge in [-0.3, -0.25) is 4.79 Å². The van der Waals surface area contributed by atoms with Crippen molar-refractivity contribution < 1.29 is 15.0 Å². The highest BCUT2D eigenvalue weighted by molar-refractivity contribution is 5.66. The number of carbonyl (C=O) groups is 1. The fourth-order valence-corrected chi connectivity index (χ4v) is 4.22. The van der Waals surface area contributed by atoms with Crippen molar-refractivity contribution in [3.63, 3.8) is 0 Å². The zero-order valence-corrected chi connectivity index (χ0v) is 20.4. The molecule has 1 unspecified atom stereocenters. The standard InChI is InChI=1S/C27H54O3/c1-2-26(28)24-22-20-18-16-14-12-10-8-6-4-3-5-7-9-11-13-15-17-19-21-23-25-27(29)30/h26,28H,2-25H2,1H3,(H,29,30). The van der Waals surface area contributed by atoms with Gasteiger partial charge in [-0.25, -0.2) is 0 Å². The zero-order chi connectivity index (χ0) is 22.1. The van der Waals surface area contributed by atoms with E-state index in [0.29, 0.717) is 6.42 Å². The van der Waals surface area contributed by atoms with Crippen LogP contribution in [0.15, 0.2) is 0 Å². The molecule has 0 spiro atoms. The molecule has 180 valence electrons. The van der Waals surface area contributed by atoms with Crippen LogP contribution in [0.4, 0.5) is 0 Å². The summed E-state index contributed by atoms with van der Waals surface area (Å²) in [4.78, 5) is 10.4. The van der Waals surface area contributed by atoms with Crippen LogP contribution in [0.2, 0.25) is 0 Å². The lowest BCUT2D eigenvalue weighted by Gasteiger charge is -2.06. The summed E-state index contributed by atoms with van der Waals surface area (Å²) in [5.41, 5.74) is 0. The van der Waals surface area contributed by atoms with Crippen LogP contribution >= 0.6 is 0 Å². The van der Waals surface area contributed by atoms with Crippen LogP contribution in [0.3, 0.4) is 0 Å². The minimum Gasteiger partial charge on any atom is -0.481 e. The van der Waals surface area contributed by atoms with Crippen molar-refractivity contribution in [3.8, 4) is 0 Å². The summed E-state index contributed by atoms with van der Waals surface area (Å²) in [6.45, 7) is 2.06. The van der Waals surface area contributed by atoms with E-state index in [1.807, 2.05) is 0 Å². The van der Waals surface area contributed by atoms with Crippen LogP contribution in [0, 0.1) is 0 Å². The predicted octanol–water partition coefficient (Wildman–Crippen LogP) is 8.81. The second-order valence-corrected chi connectivity index (χ2v) is 9.42. The molecule has 3 nitrogen and oxygen atoms in total. The summed E-state index contributed by atoms with van der Waals surface area (Å²) in [6, 6.07) is 0. The zero-order valence-electron chi connectivity index (χ0n) is 20.4. The molecule has 2 N–H and O–H groups in total. The second kappa shape index (κ2) is 24.7. The van der Waals surface area contributed by atoms with Crippen molar-refractivity contribution in [3.05, 3.63) is 0 Å². The Kier molecular flexibility index (Phi) is 24.2. The van der Waals surface area contributed by atoms with E-state index in [1.165, 1.54) is 122 Å². The third kappa shape index (κ3) is 25.5. The number of carboxylic acids is 1. The predicted molar refractivity (Wildman–Crippen MR) is 130 cm³/mol. The minimum absolute atomic E-state index is 0.0656. The van der Waals surface area contributed by atoms with Crippen LogP contribution < -0.4 is 0 Å². The molecule has 0 saturated heterocycles.